The van der Waals surface area contributed by atoms with Crippen LogP contribution >= 0.6 is 11.3 Å². The van der Waals surface area contributed by atoms with Crippen molar-refractivity contribution in [3.8, 4) is 0 Å². The van der Waals surface area contributed by atoms with E-state index in [-0.39, 0.29) is 24.4 Å². The molecule has 1 saturated carbocycles. The minimum Gasteiger partial charge on any atom is -0.455 e. The van der Waals surface area contributed by atoms with Crippen molar-refractivity contribution in [1.82, 2.24) is 10.1 Å². The zero-order valence-electron chi connectivity index (χ0n) is 15.5. The molecule has 1 amide bonds. The predicted molar refractivity (Wildman–Crippen MR) is 105 cm³/mol. The molecule has 7 nitrogen and oxygen atoms in total. The number of aryl methyl sites for hydroxylation is 1. The smallest absolute Gasteiger partial charge is 0.310 e. The molecular formula is C20H21N3O4S. The van der Waals surface area contributed by atoms with Crippen molar-refractivity contribution in [3.05, 3.63) is 41.1 Å². The van der Waals surface area contributed by atoms with Gasteiger partial charge in [-0.25, -0.2) is 4.98 Å². The number of ether oxygens (including phenoxy) is 1. The molecule has 1 aromatic carbocycles. The normalized spacial score (nSPS) is 19.5. The van der Waals surface area contributed by atoms with Gasteiger partial charge in [-0.05, 0) is 31.9 Å². The highest BCUT2D eigenvalue weighted by atomic mass is 32.1. The van der Waals surface area contributed by atoms with Crippen molar-refractivity contribution in [1.29, 1.82) is 0 Å². The zero-order chi connectivity index (χ0) is 19.5. The van der Waals surface area contributed by atoms with E-state index in [1.165, 1.54) is 0 Å². The number of fused-ring (bicyclic) bond motifs is 1. The van der Waals surface area contributed by atoms with E-state index in [1.54, 1.807) is 24.3 Å². The van der Waals surface area contributed by atoms with E-state index in [9.17, 15) is 9.59 Å². The summed E-state index contributed by atoms with van der Waals surface area (Å²) in [6, 6.07) is 9.59. The average Bonchev–Trinajstić information content (AvgIpc) is 3.32. The van der Waals surface area contributed by atoms with E-state index < -0.39 is 5.91 Å². The number of benzene rings is 1. The number of hydrogen-bond acceptors (Lipinski definition) is 7. The molecule has 2 atom stereocenters. The summed E-state index contributed by atoms with van der Waals surface area (Å²) in [7, 11) is 0. The number of nitrogens with one attached hydrogen (secondary N) is 1. The Hall–Kier alpha value is -2.74. The molecule has 1 aliphatic carbocycles. The van der Waals surface area contributed by atoms with Gasteiger partial charge in [-0.15, -0.1) is 11.3 Å². The van der Waals surface area contributed by atoms with Crippen LogP contribution < -0.4 is 5.32 Å². The van der Waals surface area contributed by atoms with E-state index in [0.717, 1.165) is 40.9 Å². The van der Waals surface area contributed by atoms with Crippen molar-refractivity contribution in [3.63, 3.8) is 0 Å². The highest BCUT2D eigenvalue weighted by Crippen LogP contribution is 2.41. The Balaban J connectivity index is 1.40. The van der Waals surface area contributed by atoms with Gasteiger partial charge in [-0.2, -0.15) is 0 Å². The Kier molecular flexibility index (Phi) is 5.38. The van der Waals surface area contributed by atoms with E-state index in [1.807, 2.05) is 24.3 Å². The Labute approximate surface area is 166 Å². The van der Waals surface area contributed by atoms with Gasteiger partial charge in [0.15, 0.2) is 12.4 Å². The number of hydrogen-bond donors (Lipinski definition) is 1. The highest BCUT2D eigenvalue weighted by molar-refractivity contribution is 7.18. The van der Waals surface area contributed by atoms with Gasteiger partial charge >= 0.3 is 5.97 Å². The lowest BCUT2D eigenvalue weighted by atomic mass is 9.79. The summed E-state index contributed by atoms with van der Waals surface area (Å²) in [5, 5.41) is 7.22. The van der Waals surface area contributed by atoms with Crippen LogP contribution in [0.5, 0.6) is 0 Å². The van der Waals surface area contributed by atoms with Gasteiger partial charge in [-0.3, -0.25) is 9.59 Å². The van der Waals surface area contributed by atoms with Gasteiger partial charge in [0.1, 0.15) is 5.76 Å². The molecule has 0 aliphatic heterocycles. The number of carbonyl (C=O) groups is 2. The number of amides is 1. The Morgan fingerprint density at radius 1 is 1.29 bits per heavy atom. The van der Waals surface area contributed by atoms with Gasteiger partial charge in [0.2, 0.25) is 0 Å². The summed E-state index contributed by atoms with van der Waals surface area (Å²) < 4.78 is 11.3. The molecular weight excluding hydrogens is 378 g/mol. The lowest BCUT2D eigenvalue weighted by Crippen LogP contribution is -2.30. The molecule has 0 saturated heterocycles. The molecule has 146 valence electrons. The van der Waals surface area contributed by atoms with Crippen LogP contribution in [0.1, 0.15) is 42.4 Å². The standard InChI is InChI=1S/C20H21N3O4S/c1-12-10-17(23-27-12)22-18(24)11-26-20(25)14-7-3-2-6-13(14)19-21-15-8-4-5-9-16(15)28-19/h4-5,8-10,13-14H,2-3,6-7,11H2,1H3,(H,22,23,24)/t13-,14+/m1/s1. The summed E-state index contributed by atoms with van der Waals surface area (Å²) in [5.41, 5.74) is 0.961. The van der Waals surface area contributed by atoms with Crippen molar-refractivity contribution in [2.75, 3.05) is 11.9 Å². The first-order chi connectivity index (χ1) is 13.6. The first kappa shape index (κ1) is 18.6. The second kappa shape index (κ2) is 8.10. The Morgan fingerprint density at radius 2 is 2.11 bits per heavy atom. The molecule has 3 aromatic rings. The summed E-state index contributed by atoms with van der Waals surface area (Å²) in [6.07, 6.45) is 3.70. The van der Waals surface area contributed by atoms with Crippen molar-refractivity contribution < 1.29 is 18.8 Å². The lowest BCUT2D eigenvalue weighted by Gasteiger charge is -2.28. The number of nitrogens with zero attached hydrogens (tertiary/aromatic N) is 2. The summed E-state index contributed by atoms with van der Waals surface area (Å²) >= 11 is 1.64. The fourth-order valence-electron chi connectivity index (χ4n) is 3.61. The number of anilines is 1. The zero-order valence-corrected chi connectivity index (χ0v) is 16.3. The quantitative estimate of drug-likeness (QED) is 0.651. The maximum Gasteiger partial charge on any atom is 0.310 e. The fraction of sp³-hybridized carbons (Fsp3) is 0.400. The third kappa shape index (κ3) is 4.06. The molecule has 4 rings (SSSR count). The highest BCUT2D eigenvalue weighted by Gasteiger charge is 2.35. The van der Waals surface area contributed by atoms with Crippen LogP contribution in [0.15, 0.2) is 34.9 Å². The van der Waals surface area contributed by atoms with Gasteiger partial charge in [0.25, 0.3) is 5.91 Å². The average molecular weight is 399 g/mol. The van der Waals surface area contributed by atoms with E-state index >= 15 is 0 Å². The SMILES string of the molecule is Cc1cc(NC(=O)COC(=O)[C@H]2CCCC[C@H]2c2nc3ccccc3s2)no1. The van der Waals surface area contributed by atoms with Gasteiger partial charge in [-0.1, -0.05) is 30.1 Å². The molecule has 0 radical (unpaired) electrons. The number of rotatable bonds is 5. The van der Waals surface area contributed by atoms with Crippen LogP contribution in [-0.4, -0.2) is 28.6 Å². The topological polar surface area (TPSA) is 94.3 Å². The summed E-state index contributed by atoms with van der Waals surface area (Å²) in [6.45, 7) is 1.39. The number of para-hydroxylation sites is 1. The number of carbonyl (C=O) groups excluding carboxylic acids is 2. The maximum atomic E-state index is 12.7. The Bertz CT molecular complexity index is 963. The lowest BCUT2D eigenvalue weighted by molar-refractivity contribution is -0.153. The maximum absolute atomic E-state index is 12.7. The molecule has 1 fully saturated rings. The summed E-state index contributed by atoms with van der Waals surface area (Å²) in [4.78, 5) is 29.4. The number of thiazole rings is 1. The van der Waals surface area contributed by atoms with Crippen LogP contribution in [0.2, 0.25) is 0 Å². The molecule has 1 aliphatic rings. The predicted octanol–water partition coefficient (Wildman–Crippen LogP) is 4.05. The molecule has 0 spiro atoms. The van der Waals surface area contributed by atoms with E-state index in [0.29, 0.717) is 11.6 Å². The minimum atomic E-state index is -0.436. The van der Waals surface area contributed by atoms with Crippen LogP contribution in [-0.2, 0) is 14.3 Å². The first-order valence-corrected chi connectivity index (χ1v) is 10.2. The van der Waals surface area contributed by atoms with Crippen molar-refractivity contribution in [2.45, 2.75) is 38.5 Å². The molecule has 1 N–H and O–H groups in total. The monoisotopic (exact) mass is 399 g/mol. The van der Waals surface area contributed by atoms with Crippen LogP contribution in [0, 0.1) is 12.8 Å². The number of esters is 1. The summed E-state index contributed by atoms with van der Waals surface area (Å²) in [5.74, 6) is -0.0995. The van der Waals surface area contributed by atoms with E-state index in [4.69, 9.17) is 14.2 Å². The number of aromatic nitrogens is 2. The van der Waals surface area contributed by atoms with Crippen LogP contribution in [0.4, 0.5) is 5.82 Å². The van der Waals surface area contributed by atoms with Crippen molar-refractivity contribution >= 4 is 39.2 Å². The van der Waals surface area contributed by atoms with Gasteiger partial charge in [0.05, 0.1) is 21.1 Å². The second-order valence-corrected chi connectivity index (χ2v) is 8.06. The van der Waals surface area contributed by atoms with Crippen LogP contribution in [0.25, 0.3) is 10.2 Å². The molecule has 28 heavy (non-hydrogen) atoms. The molecule has 0 unspecified atom stereocenters. The first-order valence-electron chi connectivity index (χ1n) is 9.35. The van der Waals surface area contributed by atoms with E-state index in [2.05, 4.69) is 10.5 Å². The Morgan fingerprint density at radius 3 is 2.89 bits per heavy atom. The van der Waals surface area contributed by atoms with Gasteiger partial charge < -0.3 is 14.6 Å². The second-order valence-electron chi connectivity index (χ2n) is 7.00. The fourth-order valence-corrected chi connectivity index (χ4v) is 4.77. The molecule has 0 bridgehead atoms. The molecule has 2 aromatic heterocycles. The largest absolute Gasteiger partial charge is 0.455 e. The van der Waals surface area contributed by atoms with Crippen molar-refractivity contribution in [2.24, 2.45) is 5.92 Å². The third-order valence-corrected chi connectivity index (χ3v) is 6.11. The van der Waals surface area contributed by atoms with Crippen LogP contribution in [0.3, 0.4) is 0 Å². The van der Waals surface area contributed by atoms with Gasteiger partial charge in [0, 0.05) is 12.0 Å². The molecule has 8 heteroatoms. The third-order valence-electron chi connectivity index (χ3n) is 4.94. The molecule has 2 heterocycles. The minimum absolute atomic E-state index is 0.0416.